The van der Waals surface area contributed by atoms with Gasteiger partial charge in [0.15, 0.2) is 0 Å². The van der Waals surface area contributed by atoms with Crippen molar-refractivity contribution < 1.29 is 0 Å². The molecule has 0 fully saturated rings. The van der Waals surface area contributed by atoms with E-state index in [0.29, 0.717) is 0 Å². The number of pyridine rings is 1. The number of aryl methyl sites for hydroxylation is 1. The van der Waals surface area contributed by atoms with Crippen LogP contribution in [0.15, 0.2) is 42.6 Å². The molecule has 3 nitrogen and oxygen atoms in total. The van der Waals surface area contributed by atoms with Gasteiger partial charge in [-0.05, 0) is 25.1 Å². The molecule has 78 valence electrons. The number of hydrogen-bond donors (Lipinski definition) is 1. The molecule has 0 amide bonds. The highest BCUT2D eigenvalue weighted by molar-refractivity contribution is 5.93. The first-order chi connectivity index (χ1) is 7.84. The van der Waals surface area contributed by atoms with E-state index in [4.69, 9.17) is 0 Å². The summed E-state index contributed by atoms with van der Waals surface area (Å²) in [5.41, 5.74) is 4.16. The van der Waals surface area contributed by atoms with Crippen LogP contribution in [0.5, 0.6) is 0 Å². The molecule has 0 aliphatic heterocycles. The van der Waals surface area contributed by atoms with E-state index >= 15 is 0 Å². The molecule has 0 saturated heterocycles. The molecule has 0 aliphatic carbocycles. The van der Waals surface area contributed by atoms with Crippen LogP contribution < -0.4 is 0 Å². The Hall–Kier alpha value is -2.16. The van der Waals surface area contributed by atoms with Crippen molar-refractivity contribution in [3.8, 4) is 11.3 Å². The lowest BCUT2D eigenvalue weighted by atomic mass is 10.1. The van der Waals surface area contributed by atoms with Crippen molar-refractivity contribution in [2.24, 2.45) is 0 Å². The van der Waals surface area contributed by atoms with Gasteiger partial charge in [0.1, 0.15) is 0 Å². The Morgan fingerprint density at radius 3 is 2.81 bits per heavy atom. The fraction of sp³-hybridized carbons (Fsp3) is 0.0769. The number of nitrogens with one attached hydrogen (secondary N) is 1. The van der Waals surface area contributed by atoms with Gasteiger partial charge in [0, 0.05) is 22.8 Å². The second-order valence-electron chi connectivity index (χ2n) is 3.81. The zero-order chi connectivity index (χ0) is 11.0. The molecule has 1 aromatic carbocycles. The van der Waals surface area contributed by atoms with Crippen LogP contribution in [0.3, 0.4) is 0 Å². The third kappa shape index (κ3) is 1.37. The number of hydrogen-bond acceptors (Lipinski definition) is 2. The second-order valence-corrected chi connectivity index (χ2v) is 3.81. The number of fused-ring (bicyclic) bond motifs is 1. The maximum absolute atomic E-state index is 4.34. The minimum Gasteiger partial charge on any atom is -0.282 e. The topological polar surface area (TPSA) is 41.6 Å². The zero-order valence-electron chi connectivity index (χ0n) is 8.94. The largest absolute Gasteiger partial charge is 0.282 e. The van der Waals surface area contributed by atoms with Gasteiger partial charge in [-0.3, -0.25) is 10.1 Å². The van der Waals surface area contributed by atoms with Gasteiger partial charge in [0.25, 0.3) is 0 Å². The van der Waals surface area contributed by atoms with Crippen molar-refractivity contribution in [2.75, 3.05) is 0 Å². The number of H-pyrrole nitrogens is 1. The Morgan fingerprint density at radius 2 is 2.00 bits per heavy atom. The molecule has 0 spiro atoms. The van der Waals surface area contributed by atoms with E-state index < -0.39 is 0 Å². The number of para-hydroxylation sites is 1. The van der Waals surface area contributed by atoms with Crippen molar-refractivity contribution in [3.05, 3.63) is 48.3 Å². The summed E-state index contributed by atoms with van der Waals surface area (Å²) in [6.07, 6.45) is 1.82. The summed E-state index contributed by atoms with van der Waals surface area (Å²) >= 11 is 0. The highest BCUT2D eigenvalue weighted by Crippen LogP contribution is 2.25. The van der Waals surface area contributed by atoms with Crippen molar-refractivity contribution >= 4 is 10.9 Å². The fourth-order valence-corrected chi connectivity index (χ4v) is 1.88. The van der Waals surface area contributed by atoms with Crippen LogP contribution in [0.4, 0.5) is 0 Å². The molecule has 0 bridgehead atoms. The van der Waals surface area contributed by atoms with E-state index in [-0.39, 0.29) is 0 Å². The normalized spacial score (nSPS) is 10.8. The van der Waals surface area contributed by atoms with Crippen molar-refractivity contribution in [1.82, 2.24) is 15.2 Å². The van der Waals surface area contributed by atoms with Crippen LogP contribution in [-0.2, 0) is 0 Å². The Labute approximate surface area is 93.2 Å². The molecule has 3 aromatic rings. The molecule has 1 N–H and O–H groups in total. The van der Waals surface area contributed by atoms with Crippen LogP contribution in [0.25, 0.3) is 22.2 Å². The molecule has 0 unspecified atom stereocenters. The lowest BCUT2D eigenvalue weighted by Gasteiger charge is -2.01. The average Bonchev–Trinajstić information content (AvgIpc) is 2.75. The number of nitrogens with zero attached hydrogens (tertiary/aromatic N) is 2. The predicted molar refractivity (Wildman–Crippen MR) is 64.1 cm³/mol. The minimum atomic E-state index is 0.969. The molecule has 2 heterocycles. The Kier molecular flexibility index (Phi) is 1.96. The SMILES string of the molecule is Cc1cc(-c2ccnc3ccccc23)n[nH]1. The lowest BCUT2D eigenvalue weighted by molar-refractivity contribution is 1.05. The van der Waals surface area contributed by atoms with Gasteiger partial charge in [-0.15, -0.1) is 0 Å². The van der Waals surface area contributed by atoms with Crippen LogP contribution in [0.1, 0.15) is 5.69 Å². The molecule has 0 aliphatic rings. The molecular formula is C13H11N3. The first-order valence-electron chi connectivity index (χ1n) is 5.21. The second kappa shape index (κ2) is 3.45. The molecule has 2 aromatic heterocycles. The molecule has 3 rings (SSSR count). The maximum atomic E-state index is 4.34. The van der Waals surface area contributed by atoms with Gasteiger partial charge in [-0.1, -0.05) is 18.2 Å². The van der Waals surface area contributed by atoms with E-state index in [1.165, 1.54) is 0 Å². The van der Waals surface area contributed by atoms with E-state index in [0.717, 1.165) is 27.9 Å². The summed E-state index contributed by atoms with van der Waals surface area (Å²) in [6, 6.07) is 12.1. The van der Waals surface area contributed by atoms with Gasteiger partial charge in [0.2, 0.25) is 0 Å². The van der Waals surface area contributed by atoms with Gasteiger partial charge < -0.3 is 0 Å². The van der Waals surface area contributed by atoms with Crippen molar-refractivity contribution in [3.63, 3.8) is 0 Å². The highest BCUT2D eigenvalue weighted by atomic mass is 15.1. The number of rotatable bonds is 1. The first kappa shape index (κ1) is 9.09. The van der Waals surface area contributed by atoms with Crippen LogP contribution >= 0.6 is 0 Å². The van der Waals surface area contributed by atoms with Crippen LogP contribution in [0.2, 0.25) is 0 Å². The standard InChI is InChI=1S/C13H11N3/c1-9-8-13(16-15-9)11-6-7-14-12-5-3-2-4-10(11)12/h2-8H,1H3,(H,15,16). The number of aromatic nitrogens is 3. The van der Waals surface area contributed by atoms with E-state index in [1.54, 1.807) is 0 Å². The summed E-state index contributed by atoms with van der Waals surface area (Å²) < 4.78 is 0. The van der Waals surface area contributed by atoms with Gasteiger partial charge >= 0.3 is 0 Å². The van der Waals surface area contributed by atoms with Gasteiger partial charge in [-0.2, -0.15) is 5.10 Å². The Balaban J connectivity index is 2.31. The van der Waals surface area contributed by atoms with E-state index in [9.17, 15) is 0 Å². The minimum absolute atomic E-state index is 0.969. The Morgan fingerprint density at radius 1 is 1.12 bits per heavy atom. The zero-order valence-corrected chi connectivity index (χ0v) is 8.94. The van der Waals surface area contributed by atoms with Crippen LogP contribution in [0, 0.1) is 6.92 Å². The quantitative estimate of drug-likeness (QED) is 0.669. The maximum Gasteiger partial charge on any atom is 0.0930 e. The van der Waals surface area contributed by atoms with Crippen molar-refractivity contribution in [2.45, 2.75) is 6.92 Å². The summed E-state index contributed by atoms with van der Waals surface area (Å²) in [6.45, 7) is 2.00. The lowest BCUT2D eigenvalue weighted by Crippen LogP contribution is -1.83. The fourth-order valence-electron chi connectivity index (χ4n) is 1.88. The molecule has 0 atom stereocenters. The molecule has 0 saturated carbocycles. The smallest absolute Gasteiger partial charge is 0.0930 e. The molecular weight excluding hydrogens is 198 g/mol. The third-order valence-electron chi connectivity index (χ3n) is 2.63. The molecule has 0 radical (unpaired) electrons. The molecule has 3 heteroatoms. The average molecular weight is 209 g/mol. The summed E-state index contributed by atoms with van der Waals surface area (Å²) in [4.78, 5) is 4.34. The molecule has 16 heavy (non-hydrogen) atoms. The highest BCUT2D eigenvalue weighted by Gasteiger charge is 2.06. The monoisotopic (exact) mass is 209 g/mol. The van der Waals surface area contributed by atoms with E-state index in [1.807, 2.05) is 43.5 Å². The third-order valence-corrected chi connectivity index (χ3v) is 2.63. The van der Waals surface area contributed by atoms with Crippen LogP contribution in [-0.4, -0.2) is 15.2 Å². The first-order valence-corrected chi connectivity index (χ1v) is 5.21. The summed E-state index contributed by atoms with van der Waals surface area (Å²) in [7, 11) is 0. The van der Waals surface area contributed by atoms with Gasteiger partial charge in [0.05, 0.1) is 11.2 Å². The summed E-state index contributed by atoms with van der Waals surface area (Å²) in [5, 5.41) is 8.38. The Bertz CT molecular complexity index is 635. The van der Waals surface area contributed by atoms with Crippen molar-refractivity contribution in [1.29, 1.82) is 0 Å². The summed E-state index contributed by atoms with van der Waals surface area (Å²) in [5.74, 6) is 0. The van der Waals surface area contributed by atoms with E-state index in [2.05, 4.69) is 21.2 Å². The number of benzene rings is 1. The predicted octanol–water partition coefficient (Wildman–Crippen LogP) is 2.93. The number of aromatic amines is 1. The van der Waals surface area contributed by atoms with Gasteiger partial charge in [-0.25, -0.2) is 0 Å².